The van der Waals surface area contributed by atoms with Crippen LogP contribution in [0.5, 0.6) is 5.88 Å². The van der Waals surface area contributed by atoms with E-state index < -0.39 is 59.3 Å². The average Bonchev–Trinajstić information content (AvgIpc) is 3.47. The van der Waals surface area contributed by atoms with Crippen molar-refractivity contribution in [1.29, 1.82) is 0 Å². The molecule has 6 N–H and O–H groups in total. The maximum absolute atomic E-state index is 12.2. The zero-order valence-electron chi connectivity index (χ0n) is 19.4. The Morgan fingerprint density at radius 1 is 1.28 bits per heavy atom. The molecule has 0 aromatic carbocycles. The van der Waals surface area contributed by atoms with Crippen molar-refractivity contribution < 1.29 is 47.6 Å². The number of ether oxygens (including phenoxy) is 2. The van der Waals surface area contributed by atoms with Gasteiger partial charge in [0.05, 0.1) is 17.5 Å². The van der Waals surface area contributed by atoms with Gasteiger partial charge in [-0.3, -0.25) is 4.57 Å². The SMILES string of the molecule is CC(O)COc1cc(NC2CCCC2)c2nnn([C@@H]3O[C@H](CS(=O)(=O)CP(=O)(O)O)[C@@H](O)[C@H]3O)c2n1. The van der Waals surface area contributed by atoms with Gasteiger partial charge in [0.15, 0.2) is 32.7 Å². The Kier molecular flexibility index (Phi) is 7.88. The summed E-state index contributed by atoms with van der Waals surface area (Å²) < 4.78 is 47.8. The third-order valence-corrected chi connectivity index (χ3v) is 9.71. The van der Waals surface area contributed by atoms with Crippen molar-refractivity contribution in [2.24, 2.45) is 0 Å². The van der Waals surface area contributed by atoms with Gasteiger partial charge in [-0.15, -0.1) is 5.10 Å². The number of anilines is 1. The van der Waals surface area contributed by atoms with Crippen LogP contribution < -0.4 is 10.1 Å². The van der Waals surface area contributed by atoms with Gasteiger partial charge in [0, 0.05) is 12.1 Å². The summed E-state index contributed by atoms with van der Waals surface area (Å²) in [6, 6.07) is 1.82. The predicted molar refractivity (Wildman–Crippen MR) is 125 cm³/mol. The van der Waals surface area contributed by atoms with Crippen molar-refractivity contribution in [3.63, 3.8) is 0 Å². The quantitative estimate of drug-likeness (QED) is 0.197. The Bertz CT molecular complexity index is 1230. The summed E-state index contributed by atoms with van der Waals surface area (Å²) in [7, 11) is -9.21. The maximum atomic E-state index is 12.2. The van der Waals surface area contributed by atoms with E-state index in [4.69, 9.17) is 19.3 Å². The minimum atomic E-state index is -4.88. The smallest absolute Gasteiger partial charge is 0.340 e. The summed E-state index contributed by atoms with van der Waals surface area (Å²) in [5.74, 6) is -0.786. The number of nitrogens with one attached hydrogen (secondary N) is 1. The molecule has 1 aliphatic heterocycles. The standard InChI is InChI=1S/C19H30N5O10PS/c1-10(25)7-33-14-6-12(20-11-4-2-3-5-11)15-18(21-14)24(23-22-15)19-17(27)16(26)13(34-19)8-36(31,32)9-35(28,29)30/h6,10-11,13,16-17,19,25-27H,2-5,7-9H2,1H3,(H,20,21)(H2,28,29,30)/t10?,13-,16-,17-,19-/m1/s1. The van der Waals surface area contributed by atoms with Crippen LogP contribution in [0.3, 0.4) is 0 Å². The summed E-state index contributed by atoms with van der Waals surface area (Å²) in [4.78, 5) is 22.4. The van der Waals surface area contributed by atoms with Crippen molar-refractivity contribution in [2.45, 2.75) is 69.3 Å². The summed E-state index contributed by atoms with van der Waals surface area (Å²) in [6.45, 7) is 1.51. The van der Waals surface area contributed by atoms with Crippen LogP contribution in [0.1, 0.15) is 38.8 Å². The Morgan fingerprint density at radius 2 is 1.97 bits per heavy atom. The van der Waals surface area contributed by atoms with Crippen LogP contribution >= 0.6 is 7.60 Å². The molecule has 5 atom stereocenters. The van der Waals surface area contributed by atoms with Gasteiger partial charge in [-0.1, -0.05) is 18.1 Å². The molecule has 0 radical (unpaired) electrons. The Morgan fingerprint density at radius 3 is 2.61 bits per heavy atom. The maximum Gasteiger partial charge on any atom is 0.340 e. The van der Waals surface area contributed by atoms with E-state index in [2.05, 4.69) is 20.6 Å². The van der Waals surface area contributed by atoms with Crippen LogP contribution in [0, 0.1) is 0 Å². The molecule has 3 heterocycles. The molecule has 15 nitrogen and oxygen atoms in total. The normalized spacial score (nSPS) is 26.5. The van der Waals surface area contributed by atoms with E-state index in [0.29, 0.717) is 11.2 Å². The summed E-state index contributed by atoms with van der Waals surface area (Å²) in [5, 5.41) is 42.2. The van der Waals surface area contributed by atoms with Crippen LogP contribution in [0.25, 0.3) is 11.2 Å². The first-order valence-corrected chi connectivity index (χ1v) is 15.0. The number of hydrogen-bond acceptors (Lipinski definition) is 12. The number of fused-ring (bicyclic) bond motifs is 1. The lowest BCUT2D eigenvalue weighted by atomic mass is 10.1. The van der Waals surface area contributed by atoms with Crippen LogP contribution in [0.2, 0.25) is 0 Å². The van der Waals surface area contributed by atoms with Gasteiger partial charge in [-0.2, -0.15) is 9.67 Å². The lowest BCUT2D eigenvalue weighted by Gasteiger charge is -2.17. The van der Waals surface area contributed by atoms with E-state index in [1.54, 1.807) is 13.0 Å². The molecule has 1 saturated heterocycles. The molecule has 17 heteroatoms. The van der Waals surface area contributed by atoms with Gasteiger partial charge in [-0.25, -0.2) is 8.42 Å². The highest BCUT2D eigenvalue weighted by atomic mass is 32.2. The number of nitrogens with zero attached hydrogens (tertiary/aromatic N) is 4. The molecular formula is C19H30N5O10PS. The number of sulfone groups is 1. The van der Waals surface area contributed by atoms with Crippen LogP contribution in [0.15, 0.2) is 6.07 Å². The molecule has 36 heavy (non-hydrogen) atoms. The first kappa shape index (κ1) is 27.1. The fourth-order valence-electron chi connectivity index (χ4n) is 4.37. The molecule has 0 amide bonds. The van der Waals surface area contributed by atoms with E-state index in [1.165, 1.54) is 0 Å². The topological polar surface area (TPSA) is 226 Å². The molecule has 2 fully saturated rings. The van der Waals surface area contributed by atoms with Crippen molar-refractivity contribution in [3.8, 4) is 5.88 Å². The highest BCUT2D eigenvalue weighted by molar-refractivity contribution is 7.97. The van der Waals surface area contributed by atoms with E-state index in [1.807, 2.05) is 0 Å². The Hall–Kier alpha value is -1.91. The number of aliphatic hydroxyl groups is 3. The monoisotopic (exact) mass is 551 g/mol. The highest BCUT2D eigenvalue weighted by Crippen LogP contribution is 2.38. The van der Waals surface area contributed by atoms with Crippen molar-refractivity contribution in [3.05, 3.63) is 6.07 Å². The highest BCUT2D eigenvalue weighted by Gasteiger charge is 2.47. The van der Waals surface area contributed by atoms with E-state index >= 15 is 0 Å². The molecule has 0 bridgehead atoms. The predicted octanol–water partition coefficient (Wildman–Crippen LogP) is -0.890. The second-order valence-electron chi connectivity index (χ2n) is 9.25. The van der Waals surface area contributed by atoms with Crippen molar-refractivity contribution in [2.75, 3.05) is 23.2 Å². The van der Waals surface area contributed by atoms with Gasteiger partial charge in [0.25, 0.3) is 0 Å². The zero-order valence-corrected chi connectivity index (χ0v) is 21.1. The second kappa shape index (κ2) is 10.5. The van der Waals surface area contributed by atoms with Crippen LogP contribution in [-0.4, -0.2) is 102 Å². The largest absolute Gasteiger partial charge is 0.475 e. The third kappa shape index (κ3) is 6.31. The molecule has 2 aromatic rings. The van der Waals surface area contributed by atoms with Gasteiger partial charge < -0.3 is 39.9 Å². The van der Waals surface area contributed by atoms with E-state index in [0.717, 1.165) is 30.4 Å². The van der Waals surface area contributed by atoms with Crippen LogP contribution in [0.4, 0.5) is 5.69 Å². The molecule has 1 saturated carbocycles. The van der Waals surface area contributed by atoms with Gasteiger partial charge in [0.2, 0.25) is 5.88 Å². The Labute approximate surface area is 206 Å². The lowest BCUT2D eigenvalue weighted by Crippen LogP contribution is -2.36. The molecule has 4 rings (SSSR count). The summed E-state index contributed by atoms with van der Waals surface area (Å²) >= 11 is 0. The van der Waals surface area contributed by atoms with Crippen LogP contribution in [-0.2, 0) is 19.1 Å². The molecule has 0 spiro atoms. The summed E-state index contributed by atoms with van der Waals surface area (Å²) in [5.41, 5.74) is -0.406. The average molecular weight is 552 g/mol. The molecule has 2 aliphatic rings. The zero-order chi connectivity index (χ0) is 26.3. The van der Waals surface area contributed by atoms with Gasteiger partial charge >= 0.3 is 7.60 Å². The van der Waals surface area contributed by atoms with Crippen molar-refractivity contribution >= 4 is 34.3 Å². The van der Waals surface area contributed by atoms with Crippen molar-refractivity contribution in [1.82, 2.24) is 20.0 Å². The van der Waals surface area contributed by atoms with E-state index in [9.17, 15) is 28.3 Å². The molecule has 202 valence electrons. The molecule has 1 aliphatic carbocycles. The number of hydrogen-bond donors (Lipinski definition) is 6. The molecular weight excluding hydrogens is 521 g/mol. The minimum Gasteiger partial charge on any atom is -0.475 e. The number of pyridine rings is 1. The van der Waals surface area contributed by atoms with Gasteiger partial charge in [-0.05, 0) is 19.8 Å². The first-order chi connectivity index (χ1) is 16.8. The third-order valence-electron chi connectivity index (χ3n) is 5.96. The number of rotatable bonds is 10. The molecule has 1 unspecified atom stereocenters. The first-order valence-electron chi connectivity index (χ1n) is 11.4. The second-order valence-corrected chi connectivity index (χ2v) is 13.4. The number of aromatic nitrogens is 4. The summed E-state index contributed by atoms with van der Waals surface area (Å²) in [6.07, 6.45) is -2.88. The fraction of sp³-hybridized carbons (Fsp3) is 0.737. The van der Waals surface area contributed by atoms with E-state index in [-0.39, 0.29) is 24.2 Å². The van der Waals surface area contributed by atoms with Gasteiger partial charge in [0.1, 0.15) is 24.9 Å². The minimum absolute atomic E-state index is 0.0380. The lowest BCUT2D eigenvalue weighted by molar-refractivity contribution is -0.0375. The molecule has 2 aromatic heterocycles. The number of aliphatic hydroxyl groups excluding tert-OH is 3. The fourth-order valence-corrected chi connectivity index (χ4v) is 7.62. The Balaban J connectivity index is 1.64.